The van der Waals surface area contributed by atoms with Gasteiger partial charge in [0, 0.05) is 18.3 Å². The van der Waals surface area contributed by atoms with Crippen LogP contribution in [0.15, 0.2) is 72.8 Å². The van der Waals surface area contributed by atoms with E-state index < -0.39 is 53.8 Å². The molecule has 44 heavy (non-hydrogen) atoms. The van der Waals surface area contributed by atoms with Crippen LogP contribution in [0.5, 0.6) is 0 Å². The summed E-state index contributed by atoms with van der Waals surface area (Å²) in [5.74, 6) is -3.68. The Morgan fingerprint density at radius 3 is 2.25 bits per heavy atom. The number of carbonyl (C=O) groups excluding carboxylic acids is 2. The molecule has 0 saturated carbocycles. The molecule has 0 aromatic heterocycles. The van der Waals surface area contributed by atoms with Crippen LogP contribution in [0, 0.1) is 5.82 Å². The molecule has 0 unspecified atom stereocenters. The molecule has 0 bridgehead atoms. The second-order valence-electron chi connectivity index (χ2n) is 10.3. The summed E-state index contributed by atoms with van der Waals surface area (Å²) in [5, 5.41) is 20.5. The third kappa shape index (κ3) is 7.62. The lowest BCUT2D eigenvalue weighted by molar-refractivity contribution is -0.146. The Hall–Kier alpha value is -4.71. The Labute approximate surface area is 251 Å². The minimum absolute atomic E-state index is 0.0780. The molecule has 0 spiro atoms. The number of urea groups is 1. The number of aliphatic hydroxyl groups excluding tert-OH is 1. The molecule has 4 rings (SSSR count). The third-order valence-corrected chi connectivity index (χ3v) is 7.30. The lowest BCUT2D eigenvalue weighted by atomic mass is 9.93. The zero-order valence-electron chi connectivity index (χ0n) is 23.8. The molecule has 8 nitrogen and oxygen atoms in total. The van der Waals surface area contributed by atoms with Crippen molar-refractivity contribution < 1.29 is 42.2 Å². The number of anilines is 2. The first-order chi connectivity index (χ1) is 20.9. The fraction of sp³-hybridized carbons (Fsp3) is 0.281. The molecule has 0 radical (unpaired) electrons. The van der Waals surface area contributed by atoms with Gasteiger partial charge in [-0.15, -0.1) is 0 Å². The van der Waals surface area contributed by atoms with Crippen LogP contribution in [0.2, 0.25) is 0 Å². The van der Waals surface area contributed by atoms with E-state index in [-0.39, 0.29) is 12.1 Å². The molecule has 3 aromatic rings. The van der Waals surface area contributed by atoms with Gasteiger partial charge in [0.25, 0.3) is 5.91 Å². The highest BCUT2D eigenvalue weighted by Crippen LogP contribution is 2.36. The average molecular weight is 614 g/mol. The van der Waals surface area contributed by atoms with E-state index in [9.17, 15) is 37.1 Å². The van der Waals surface area contributed by atoms with E-state index in [0.29, 0.717) is 17.3 Å². The summed E-state index contributed by atoms with van der Waals surface area (Å²) in [4.78, 5) is 39.0. The lowest BCUT2D eigenvalue weighted by Gasteiger charge is -2.29. The summed E-state index contributed by atoms with van der Waals surface area (Å²) in [6.45, 7) is -0.574. The molecule has 3 amide bonds. The normalized spacial score (nSPS) is 13.9. The van der Waals surface area contributed by atoms with Crippen LogP contribution in [-0.4, -0.2) is 47.8 Å². The summed E-state index contributed by atoms with van der Waals surface area (Å²) >= 11 is 0. The molecule has 0 saturated heterocycles. The van der Waals surface area contributed by atoms with Gasteiger partial charge in [0.1, 0.15) is 0 Å². The van der Waals surface area contributed by atoms with Crippen LogP contribution in [0.4, 0.5) is 33.7 Å². The molecule has 1 atom stereocenters. The van der Waals surface area contributed by atoms with Crippen molar-refractivity contribution in [1.29, 1.82) is 0 Å². The molecule has 12 heteroatoms. The van der Waals surface area contributed by atoms with Gasteiger partial charge < -0.3 is 15.5 Å². The van der Waals surface area contributed by atoms with Gasteiger partial charge in [-0.1, -0.05) is 36.4 Å². The summed E-state index contributed by atoms with van der Waals surface area (Å²) in [6.07, 6.45) is -0.457. The first-order valence-corrected chi connectivity index (χ1v) is 13.8. The monoisotopic (exact) mass is 613 g/mol. The Morgan fingerprint density at radius 1 is 0.977 bits per heavy atom. The largest absolute Gasteiger partial charge is 0.479 e. The zero-order valence-corrected chi connectivity index (χ0v) is 23.8. The fourth-order valence-electron chi connectivity index (χ4n) is 4.83. The maximum atomic E-state index is 15.0. The van der Waals surface area contributed by atoms with Crippen molar-refractivity contribution in [3.05, 3.63) is 101 Å². The van der Waals surface area contributed by atoms with Crippen LogP contribution in [0.1, 0.15) is 52.7 Å². The molecular formula is C32H31F4N3O5. The molecule has 3 aromatic carbocycles. The number of alkyl halides is 3. The first kappa shape index (κ1) is 32.2. The summed E-state index contributed by atoms with van der Waals surface area (Å²) in [7, 11) is 1.19. The summed E-state index contributed by atoms with van der Waals surface area (Å²) < 4.78 is 55.1. The fourth-order valence-corrected chi connectivity index (χ4v) is 4.83. The Kier molecular flexibility index (Phi) is 10.0. The number of carbonyl (C=O) groups is 3. The maximum Gasteiger partial charge on any atom is 0.419 e. The van der Waals surface area contributed by atoms with Gasteiger partial charge in [-0.2, -0.15) is 13.2 Å². The standard InChI is InChI=1S/C32H31F4N3O5/c1-38(26-9-5-8-25(28(26)33)32(34,35)36)31(44)39(24-16-14-22(15-17-24)21-6-3-2-4-7-21)19-20-10-12-23(13-11-20)29(41)37-18-27(40)30(42)43/h5-6,8-17,27,40H,2-4,7,18-19H2,1H3,(H,37,41)(H,42,43)/t27-/m1/s1. The van der Waals surface area contributed by atoms with E-state index in [2.05, 4.69) is 11.4 Å². The van der Waals surface area contributed by atoms with E-state index in [1.165, 1.54) is 29.7 Å². The minimum atomic E-state index is -4.95. The molecular weight excluding hydrogens is 582 g/mol. The number of rotatable bonds is 9. The second kappa shape index (κ2) is 13.7. The Morgan fingerprint density at radius 2 is 1.66 bits per heavy atom. The number of carboxylic acids is 1. The van der Waals surface area contributed by atoms with Gasteiger partial charge in [0.2, 0.25) is 0 Å². The van der Waals surface area contributed by atoms with E-state index >= 15 is 0 Å². The van der Waals surface area contributed by atoms with E-state index in [4.69, 9.17) is 5.11 Å². The number of hydrogen-bond acceptors (Lipinski definition) is 4. The number of allylic oxidation sites excluding steroid dienone is 2. The van der Waals surface area contributed by atoms with Crippen molar-refractivity contribution in [3.63, 3.8) is 0 Å². The number of nitrogens with one attached hydrogen (secondary N) is 1. The zero-order chi connectivity index (χ0) is 32.0. The lowest BCUT2D eigenvalue weighted by Crippen LogP contribution is -2.41. The van der Waals surface area contributed by atoms with Crippen LogP contribution >= 0.6 is 0 Å². The number of benzene rings is 3. The van der Waals surface area contributed by atoms with Crippen molar-refractivity contribution in [2.45, 2.75) is 44.5 Å². The van der Waals surface area contributed by atoms with Gasteiger partial charge in [-0.25, -0.2) is 14.0 Å². The van der Waals surface area contributed by atoms with Crippen molar-refractivity contribution in [3.8, 4) is 0 Å². The van der Waals surface area contributed by atoms with E-state index in [1.807, 2.05) is 12.1 Å². The summed E-state index contributed by atoms with van der Waals surface area (Å²) in [6, 6.07) is 15.1. The number of aliphatic carboxylic acids is 1. The summed E-state index contributed by atoms with van der Waals surface area (Å²) in [5.41, 5.74) is 1.26. The van der Waals surface area contributed by atoms with Crippen molar-refractivity contribution in [2.75, 3.05) is 23.4 Å². The molecule has 3 N–H and O–H groups in total. The van der Waals surface area contributed by atoms with Gasteiger partial charge in [0.05, 0.1) is 24.3 Å². The topological polar surface area (TPSA) is 110 Å². The predicted octanol–water partition coefficient (Wildman–Crippen LogP) is 6.24. The predicted molar refractivity (Wildman–Crippen MR) is 157 cm³/mol. The second-order valence-corrected chi connectivity index (χ2v) is 10.3. The highest BCUT2D eigenvalue weighted by atomic mass is 19.4. The van der Waals surface area contributed by atoms with Crippen molar-refractivity contribution in [2.24, 2.45) is 0 Å². The van der Waals surface area contributed by atoms with E-state index in [1.54, 1.807) is 24.3 Å². The quantitative estimate of drug-likeness (QED) is 0.248. The molecule has 1 aliphatic carbocycles. The molecule has 0 fully saturated rings. The first-order valence-electron chi connectivity index (χ1n) is 13.8. The third-order valence-electron chi connectivity index (χ3n) is 7.30. The average Bonchev–Trinajstić information content (AvgIpc) is 3.02. The number of hydrogen-bond donors (Lipinski definition) is 3. The number of aliphatic hydroxyl groups is 1. The van der Waals surface area contributed by atoms with Crippen LogP contribution < -0.4 is 15.1 Å². The molecule has 0 aliphatic heterocycles. The molecule has 1 aliphatic rings. The Bertz CT molecular complexity index is 1540. The van der Waals surface area contributed by atoms with Crippen molar-refractivity contribution in [1.82, 2.24) is 5.32 Å². The van der Waals surface area contributed by atoms with Crippen molar-refractivity contribution >= 4 is 34.9 Å². The maximum absolute atomic E-state index is 15.0. The van der Waals surface area contributed by atoms with Gasteiger partial charge in [-0.3, -0.25) is 14.6 Å². The van der Waals surface area contributed by atoms with Gasteiger partial charge in [0.15, 0.2) is 11.9 Å². The molecule has 232 valence electrons. The highest BCUT2D eigenvalue weighted by molar-refractivity contribution is 6.03. The van der Waals surface area contributed by atoms with Crippen LogP contribution in [-0.2, 0) is 17.5 Å². The number of carboxylic acid groups (broad SMARTS) is 1. The number of amides is 3. The number of halogens is 4. The molecule has 0 heterocycles. The number of nitrogens with zero attached hydrogens (tertiary/aromatic N) is 2. The minimum Gasteiger partial charge on any atom is -0.479 e. The van der Waals surface area contributed by atoms with Crippen LogP contribution in [0.3, 0.4) is 0 Å². The SMILES string of the molecule is CN(C(=O)N(Cc1ccc(C(=O)NC[C@@H](O)C(=O)O)cc1)c1ccc(C2=CCCCC2)cc1)c1cccc(C(F)(F)F)c1F. The van der Waals surface area contributed by atoms with Gasteiger partial charge in [-0.05, 0) is 78.8 Å². The van der Waals surface area contributed by atoms with Crippen LogP contribution in [0.25, 0.3) is 5.57 Å². The van der Waals surface area contributed by atoms with Gasteiger partial charge >= 0.3 is 18.2 Å². The smallest absolute Gasteiger partial charge is 0.419 e. The van der Waals surface area contributed by atoms with E-state index in [0.717, 1.165) is 48.3 Å². The highest BCUT2D eigenvalue weighted by Gasteiger charge is 2.36. The Balaban J connectivity index is 1.62.